The number of carbonyl (C=O) groups is 2. The number of piperidine rings is 1. The zero-order valence-corrected chi connectivity index (χ0v) is 20.5. The minimum atomic E-state index is -0.999. The maximum Gasteiger partial charge on any atom is 0.243 e. The fourth-order valence-electron chi connectivity index (χ4n) is 4.81. The molecule has 2 aromatic carbocycles. The Balaban J connectivity index is 1.46. The fraction of sp³-hybridized carbons (Fsp3) is 0.423. The molecule has 2 heterocycles. The highest BCUT2D eigenvalue weighted by Crippen LogP contribution is 2.22. The van der Waals surface area contributed by atoms with Gasteiger partial charge < -0.3 is 16.4 Å². The molecule has 4 rings (SSSR count). The van der Waals surface area contributed by atoms with Gasteiger partial charge in [0.1, 0.15) is 6.04 Å². The number of likely N-dealkylation sites (tertiary alicyclic amines) is 1. The van der Waals surface area contributed by atoms with Gasteiger partial charge in [0.2, 0.25) is 11.8 Å². The van der Waals surface area contributed by atoms with Gasteiger partial charge in [0.15, 0.2) is 17.5 Å². The number of aromatic nitrogens is 2. The molecule has 1 aliphatic rings. The van der Waals surface area contributed by atoms with Crippen molar-refractivity contribution in [2.45, 2.75) is 64.2 Å². The number of halogens is 2. The van der Waals surface area contributed by atoms with E-state index in [0.29, 0.717) is 11.4 Å². The summed E-state index contributed by atoms with van der Waals surface area (Å²) in [5.74, 6) is -2.27. The second-order valence-corrected chi connectivity index (χ2v) is 9.58. The van der Waals surface area contributed by atoms with Crippen LogP contribution >= 0.6 is 0 Å². The van der Waals surface area contributed by atoms with Gasteiger partial charge in [0, 0.05) is 30.4 Å². The molecule has 3 aromatic rings. The van der Waals surface area contributed by atoms with Crippen LogP contribution in [0.15, 0.2) is 36.4 Å². The fourth-order valence-corrected chi connectivity index (χ4v) is 4.81. The van der Waals surface area contributed by atoms with Gasteiger partial charge in [-0.15, -0.1) is 0 Å². The van der Waals surface area contributed by atoms with Crippen molar-refractivity contribution in [3.63, 3.8) is 0 Å². The molecule has 0 aliphatic carbocycles. The van der Waals surface area contributed by atoms with Crippen LogP contribution in [0.1, 0.15) is 44.2 Å². The molecule has 0 saturated carbocycles. The van der Waals surface area contributed by atoms with Crippen LogP contribution in [0.25, 0.3) is 10.9 Å². The smallest absolute Gasteiger partial charge is 0.243 e. The van der Waals surface area contributed by atoms with E-state index >= 15 is 0 Å². The lowest BCUT2D eigenvalue weighted by Gasteiger charge is -2.38. The van der Waals surface area contributed by atoms with E-state index in [-0.39, 0.29) is 37.5 Å². The van der Waals surface area contributed by atoms with Crippen molar-refractivity contribution in [2.24, 2.45) is 0 Å². The van der Waals surface area contributed by atoms with Gasteiger partial charge in [-0.1, -0.05) is 18.6 Å². The second-order valence-electron chi connectivity index (χ2n) is 9.58. The Bertz CT molecular complexity index is 1240. The predicted octanol–water partition coefficient (Wildman–Crippen LogP) is 3.03. The van der Waals surface area contributed by atoms with Crippen molar-refractivity contribution in [3.8, 4) is 0 Å². The number of carbonyl (C=O) groups excluding carboxylic acids is 2. The highest BCUT2D eigenvalue weighted by Gasteiger charge is 2.28. The van der Waals surface area contributed by atoms with E-state index < -0.39 is 23.6 Å². The molecule has 1 aliphatic heterocycles. The molecule has 192 valence electrons. The number of hydrogen-bond acceptors (Lipinski definition) is 5. The Morgan fingerprint density at radius 3 is 2.56 bits per heavy atom. The molecule has 0 radical (unpaired) electrons. The Labute approximate surface area is 208 Å². The Hall–Kier alpha value is -3.53. The molecule has 0 spiro atoms. The molecule has 1 fully saturated rings. The minimum absolute atomic E-state index is 0.0238. The van der Waals surface area contributed by atoms with Crippen LogP contribution in [-0.4, -0.2) is 51.6 Å². The summed E-state index contributed by atoms with van der Waals surface area (Å²) in [6, 6.07) is 8.54. The third-order valence-corrected chi connectivity index (χ3v) is 6.90. The molecule has 3 atom stereocenters. The van der Waals surface area contributed by atoms with Crippen LogP contribution in [-0.2, 0) is 22.6 Å². The lowest BCUT2D eigenvalue weighted by atomic mass is 9.97. The van der Waals surface area contributed by atoms with Crippen molar-refractivity contribution < 1.29 is 18.4 Å². The van der Waals surface area contributed by atoms with Gasteiger partial charge in [0.05, 0.1) is 12.1 Å². The first kappa shape index (κ1) is 25.6. The van der Waals surface area contributed by atoms with Gasteiger partial charge in [-0.2, -0.15) is 5.10 Å². The summed E-state index contributed by atoms with van der Waals surface area (Å²) in [6.07, 6.45) is 3.18. The zero-order valence-electron chi connectivity index (χ0n) is 20.5. The van der Waals surface area contributed by atoms with E-state index in [1.54, 1.807) is 0 Å². The highest BCUT2D eigenvalue weighted by molar-refractivity contribution is 5.90. The number of rotatable bonds is 8. The molecule has 1 aromatic heterocycles. The van der Waals surface area contributed by atoms with E-state index in [4.69, 9.17) is 5.73 Å². The van der Waals surface area contributed by atoms with Crippen molar-refractivity contribution >= 4 is 28.5 Å². The monoisotopic (exact) mass is 498 g/mol. The first-order valence-corrected chi connectivity index (χ1v) is 12.2. The highest BCUT2D eigenvalue weighted by atomic mass is 19.2. The van der Waals surface area contributed by atoms with Gasteiger partial charge in [-0.05, 0) is 62.1 Å². The van der Waals surface area contributed by atoms with E-state index in [0.717, 1.165) is 47.9 Å². The summed E-state index contributed by atoms with van der Waals surface area (Å²) in [6.45, 7) is 4.57. The average Bonchev–Trinajstić information content (AvgIpc) is 3.22. The lowest BCUT2D eigenvalue weighted by Crippen LogP contribution is -2.53. The first-order chi connectivity index (χ1) is 17.2. The number of fused-ring (bicyclic) bond motifs is 1. The number of nitrogens with zero attached hydrogens (tertiary/aromatic N) is 2. The summed E-state index contributed by atoms with van der Waals surface area (Å²) in [5.41, 5.74) is 7.77. The topological polar surface area (TPSA) is 116 Å². The van der Waals surface area contributed by atoms with E-state index in [2.05, 4.69) is 39.6 Å². The second kappa shape index (κ2) is 11.0. The quantitative estimate of drug-likeness (QED) is 0.381. The molecular formula is C26H32F2N6O2. The maximum absolute atomic E-state index is 13.8. The number of benzene rings is 2. The third kappa shape index (κ3) is 5.99. The molecule has 2 amide bonds. The van der Waals surface area contributed by atoms with Crippen molar-refractivity contribution in [2.75, 3.05) is 12.3 Å². The Morgan fingerprint density at radius 1 is 1.11 bits per heavy atom. The normalized spacial score (nSPS) is 19.2. The molecule has 0 unspecified atom stereocenters. The number of nitrogen functional groups attached to an aromatic ring is 1. The number of hydrogen-bond donors (Lipinski definition) is 4. The first-order valence-electron chi connectivity index (χ1n) is 12.2. The van der Waals surface area contributed by atoms with E-state index in [1.165, 1.54) is 6.07 Å². The number of anilines is 1. The van der Waals surface area contributed by atoms with Crippen LogP contribution in [0.2, 0.25) is 0 Å². The van der Waals surface area contributed by atoms with Crippen molar-refractivity contribution in [1.29, 1.82) is 0 Å². The lowest BCUT2D eigenvalue weighted by molar-refractivity contribution is -0.130. The van der Waals surface area contributed by atoms with Gasteiger partial charge in [-0.25, -0.2) is 8.78 Å². The van der Waals surface area contributed by atoms with Crippen LogP contribution < -0.4 is 16.4 Å². The van der Waals surface area contributed by atoms with E-state index in [9.17, 15) is 18.4 Å². The summed E-state index contributed by atoms with van der Waals surface area (Å²) < 4.78 is 27.2. The van der Waals surface area contributed by atoms with E-state index in [1.807, 2.05) is 18.2 Å². The van der Waals surface area contributed by atoms with Crippen LogP contribution in [0, 0.1) is 11.6 Å². The molecular weight excluding hydrogens is 466 g/mol. The summed E-state index contributed by atoms with van der Waals surface area (Å²) >= 11 is 0. The predicted molar refractivity (Wildman–Crippen MR) is 134 cm³/mol. The molecule has 1 saturated heterocycles. The summed E-state index contributed by atoms with van der Waals surface area (Å²) in [5, 5.41) is 13.3. The van der Waals surface area contributed by atoms with Crippen LogP contribution in [0.4, 0.5) is 14.6 Å². The zero-order chi connectivity index (χ0) is 25.8. The number of aromatic amines is 1. The molecule has 0 bridgehead atoms. The minimum Gasteiger partial charge on any atom is -0.382 e. The summed E-state index contributed by atoms with van der Waals surface area (Å²) in [7, 11) is 0. The number of nitrogens with one attached hydrogen (secondary N) is 3. The third-order valence-electron chi connectivity index (χ3n) is 6.90. The Morgan fingerprint density at radius 2 is 1.83 bits per heavy atom. The van der Waals surface area contributed by atoms with Crippen LogP contribution in [0.3, 0.4) is 0 Å². The SMILES string of the molecule is C[C@@H]1CCC[C@H](C)N1CC(=O)N[C@@H](Cc1ccc(F)c(F)c1)C(=O)NCc1ccc2c(N)n[nH]c2c1. The number of amides is 2. The maximum atomic E-state index is 13.8. The van der Waals surface area contributed by atoms with Crippen LogP contribution in [0.5, 0.6) is 0 Å². The largest absolute Gasteiger partial charge is 0.382 e. The Kier molecular flexibility index (Phi) is 7.83. The average molecular weight is 499 g/mol. The standard InChI is InChI=1S/C26H32F2N6O2/c1-15-4-3-5-16(2)34(15)14-24(35)31-23(11-17-7-9-20(27)21(28)10-17)26(36)30-13-18-6-8-19-22(12-18)32-33-25(19)29/h6-10,12,15-16,23H,3-5,11,13-14H2,1-2H3,(H,30,36)(H,31,35)(H3,29,32,33)/t15-,16+,23-/m0/s1. The number of H-pyrrole nitrogens is 1. The van der Waals surface area contributed by atoms with Gasteiger partial charge >= 0.3 is 0 Å². The molecule has 10 heteroatoms. The van der Waals surface area contributed by atoms with Gasteiger partial charge in [0.25, 0.3) is 0 Å². The van der Waals surface area contributed by atoms with Crippen molar-refractivity contribution in [3.05, 3.63) is 59.2 Å². The summed E-state index contributed by atoms with van der Waals surface area (Å²) in [4.78, 5) is 28.2. The van der Waals surface area contributed by atoms with Crippen molar-refractivity contribution in [1.82, 2.24) is 25.7 Å². The molecule has 36 heavy (non-hydrogen) atoms. The number of nitrogens with two attached hydrogens (primary N) is 1. The molecule has 5 N–H and O–H groups in total. The molecule has 8 nitrogen and oxygen atoms in total. The van der Waals surface area contributed by atoms with Gasteiger partial charge in [-0.3, -0.25) is 19.6 Å².